The number of carbonyl (C=O) groups excluding carboxylic acids is 1. The van der Waals surface area contributed by atoms with Crippen molar-refractivity contribution in [1.82, 2.24) is 4.98 Å². The number of carbonyl (C=O) groups is 2. The van der Waals surface area contributed by atoms with Crippen LogP contribution in [0.1, 0.15) is 29.4 Å². The lowest BCUT2D eigenvalue weighted by Gasteiger charge is -2.16. The van der Waals surface area contributed by atoms with Gasteiger partial charge in [-0.15, -0.1) is 11.3 Å². The highest BCUT2D eigenvalue weighted by Gasteiger charge is 2.15. The molecule has 0 fully saturated rings. The molecule has 1 amide bonds. The van der Waals surface area contributed by atoms with Crippen LogP contribution in [0.2, 0.25) is 0 Å². The van der Waals surface area contributed by atoms with E-state index in [0.717, 1.165) is 5.69 Å². The summed E-state index contributed by atoms with van der Waals surface area (Å²) in [5.41, 5.74) is 1.04. The summed E-state index contributed by atoms with van der Waals surface area (Å²) in [7, 11) is 1.57. The fourth-order valence-electron chi connectivity index (χ4n) is 2.91. The molecule has 186 valence electrons. The third-order valence-corrected chi connectivity index (χ3v) is 6.21. The second-order valence-corrected chi connectivity index (χ2v) is 9.39. The minimum Gasteiger partial charge on any atom is -0.488 e. The van der Waals surface area contributed by atoms with E-state index >= 15 is 0 Å². The average molecular weight is 521 g/mol. The molecule has 0 radical (unpaired) electrons. The van der Waals surface area contributed by atoms with Crippen molar-refractivity contribution in [1.29, 1.82) is 0 Å². The molecule has 0 saturated heterocycles. The fraction of sp³-hybridized carbons (Fsp3) is 0.292. The number of ether oxygens (including phenoxy) is 3. The number of rotatable bonds is 13. The Bertz CT molecular complexity index is 1140. The second kappa shape index (κ2) is 13.1. The van der Waals surface area contributed by atoms with E-state index in [9.17, 15) is 14.0 Å². The molecular weight excluding hydrogens is 495 g/mol. The van der Waals surface area contributed by atoms with E-state index in [2.05, 4.69) is 10.3 Å². The number of nitrogens with one attached hydrogen (secondary N) is 1. The molecule has 0 aliphatic carbocycles. The molecule has 0 saturated carbocycles. The largest absolute Gasteiger partial charge is 0.488 e. The van der Waals surface area contributed by atoms with Crippen LogP contribution < -0.4 is 14.8 Å². The Labute approximate surface area is 210 Å². The Morgan fingerprint density at radius 1 is 1.17 bits per heavy atom. The van der Waals surface area contributed by atoms with E-state index in [1.54, 1.807) is 25.3 Å². The summed E-state index contributed by atoms with van der Waals surface area (Å²) in [5, 5.41) is 13.7. The molecule has 0 bridgehead atoms. The van der Waals surface area contributed by atoms with E-state index in [-0.39, 0.29) is 23.9 Å². The second-order valence-electron chi connectivity index (χ2n) is 7.43. The molecule has 2 aromatic carbocycles. The summed E-state index contributed by atoms with van der Waals surface area (Å²) in [6, 6.07) is 10.3. The van der Waals surface area contributed by atoms with Gasteiger partial charge in [0, 0.05) is 35.6 Å². The molecule has 3 aromatic rings. The summed E-state index contributed by atoms with van der Waals surface area (Å²) in [5.74, 6) is 0.575. The first kappa shape index (κ1) is 26.5. The first-order valence-electron chi connectivity index (χ1n) is 10.6. The highest BCUT2D eigenvalue weighted by Crippen LogP contribution is 2.29. The molecule has 35 heavy (non-hydrogen) atoms. The van der Waals surface area contributed by atoms with Crippen LogP contribution >= 0.6 is 23.1 Å². The van der Waals surface area contributed by atoms with Gasteiger partial charge in [-0.2, -0.15) is 11.8 Å². The van der Waals surface area contributed by atoms with E-state index in [0.29, 0.717) is 40.5 Å². The molecule has 1 atom stereocenters. The van der Waals surface area contributed by atoms with Crippen molar-refractivity contribution in [2.24, 2.45) is 0 Å². The number of aromatic nitrogens is 1. The maximum Gasteiger partial charge on any atom is 0.304 e. The zero-order chi connectivity index (χ0) is 25.2. The standard InChI is InChI=1S/C24H25FN2O6S2/c1-15(12-31-2)32-20-9-16(10-21(11-20)33-19-5-3-17(25)4-6-19)23(30)27-24-26-18(14-35-24)13-34-8-7-22(28)29/h3-6,9-11,14-15H,7-8,12-13H2,1-2H3,(H,28,29)(H,26,27,30)/t15-/m0/s1. The van der Waals surface area contributed by atoms with Gasteiger partial charge in [0.15, 0.2) is 5.13 Å². The molecule has 0 aliphatic heterocycles. The molecule has 11 heteroatoms. The Morgan fingerprint density at radius 3 is 2.63 bits per heavy atom. The molecule has 8 nitrogen and oxygen atoms in total. The Hall–Kier alpha value is -3.15. The number of thioether (sulfide) groups is 1. The van der Waals surface area contributed by atoms with Gasteiger partial charge < -0.3 is 19.3 Å². The number of carboxylic acids is 1. The molecule has 1 aromatic heterocycles. The first-order valence-corrected chi connectivity index (χ1v) is 12.6. The van der Waals surface area contributed by atoms with Crippen molar-refractivity contribution >= 4 is 40.1 Å². The number of anilines is 1. The van der Waals surface area contributed by atoms with Crippen molar-refractivity contribution in [2.45, 2.75) is 25.2 Å². The number of methoxy groups -OCH3 is 1. The highest BCUT2D eigenvalue weighted by molar-refractivity contribution is 7.98. The normalized spacial score (nSPS) is 11.6. The van der Waals surface area contributed by atoms with Crippen LogP contribution in [-0.4, -0.2) is 47.5 Å². The third-order valence-electron chi connectivity index (χ3n) is 4.41. The third kappa shape index (κ3) is 8.85. The molecule has 3 rings (SSSR count). The minimum atomic E-state index is -0.839. The number of carboxylic acid groups (broad SMARTS) is 1. The maximum absolute atomic E-state index is 13.2. The van der Waals surface area contributed by atoms with Gasteiger partial charge in [-0.05, 0) is 43.3 Å². The van der Waals surface area contributed by atoms with Crippen LogP contribution in [0.25, 0.3) is 0 Å². The number of amides is 1. The molecule has 1 heterocycles. The van der Waals surface area contributed by atoms with Gasteiger partial charge in [-0.25, -0.2) is 9.37 Å². The number of hydrogen-bond acceptors (Lipinski definition) is 8. The number of thiazole rings is 1. The van der Waals surface area contributed by atoms with Crippen molar-refractivity contribution in [3.8, 4) is 17.2 Å². The zero-order valence-corrected chi connectivity index (χ0v) is 20.8. The zero-order valence-electron chi connectivity index (χ0n) is 19.2. The molecule has 2 N–H and O–H groups in total. The number of benzene rings is 2. The van der Waals surface area contributed by atoms with E-state index in [1.807, 2.05) is 12.3 Å². The van der Waals surface area contributed by atoms with Gasteiger partial charge >= 0.3 is 5.97 Å². The van der Waals surface area contributed by atoms with Gasteiger partial charge in [0.25, 0.3) is 5.91 Å². The van der Waals surface area contributed by atoms with Crippen LogP contribution in [0.4, 0.5) is 9.52 Å². The van der Waals surface area contributed by atoms with Gasteiger partial charge in [-0.3, -0.25) is 14.9 Å². The number of nitrogens with zero attached hydrogens (tertiary/aromatic N) is 1. The highest BCUT2D eigenvalue weighted by atomic mass is 32.2. The van der Waals surface area contributed by atoms with Gasteiger partial charge in [0.1, 0.15) is 29.2 Å². The van der Waals surface area contributed by atoms with Gasteiger partial charge in [0.05, 0.1) is 18.7 Å². The smallest absolute Gasteiger partial charge is 0.304 e. The Kier molecular flexibility index (Phi) is 9.88. The SMILES string of the molecule is COC[C@H](C)Oc1cc(Oc2ccc(F)cc2)cc(C(=O)Nc2nc(CSCCC(=O)O)cs2)c1. The van der Waals surface area contributed by atoms with Crippen LogP contribution in [0.15, 0.2) is 47.8 Å². The monoisotopic (exact) mass is 520 g/mol. The van der Waals surface area contributed by atoms with E-state index in [4.69, 9.17) is 19.3 Å². The lowest BCUT2D eigenvalue weighted by Crippen LogP contribution is -2.18. The molecule has 0 aliphatic rings. The van der Waals surface area contributed by atoms with Gasteiger partial charge in [0.2, 0.25) is 0 Å². The number of hydrogen-bond donors (Lipinski definition) is 2. The van der Waals surface area contributed by atoms with Crippen molar-refractivity contribution in [3.63, 3.8) is 0 Å². The van der Waals surface area contributed by atoms with Crippen molar-refractivity contribution in [3.05, 3.63) is 64.9 Å². The van der Waals surface area contributed by atoms with Crippen LogP contribution in [0, 0.1) is 5.82 Å². The quantitative estimate of drug-likeness (QED) is 0.287. The summed E-state index contributed by atoms with van der Waals surface area (Å²) < 4.78 is 30.0. The van der Waals surface area contributed by atoms with E-state index in [1.165, 1.54) is 47.4 Å². The predicted octanol–water partition coefficient (Wildman–Crippen LogP) is 5.45. The lowest BCUT2D eigenvalue weighted by molar-refractivity contribution is -0.136. The van der Waals surface area contributed by atoms with Crippen LogP contribution in [0.3, 0.4) is 0 Å². The predicted molar refractivity (Wildman–Crippen MR) is 133 cm³/mol. The lowest BCUT2D eigenvalue weighted by atomic mass is 10.2. The summed E-state index contributed by atoms with van der Waals surface area (Å²) >= 11 is 2.74. The number of halogens is 1. The summed E-state index contributed by atoms with van der Waals surface area (Å²) in [6.07, 6.45) is -0.181. The molecule has 0 unspecified atom stereocenters. The van der Waals surface area contributed by atoms with Crippen molar-refractivity contribution < 1.29 is 33.3 Å². The minimum absolute atomic E-state index is 0.0854. The van der Waals surface area contributed by atoms with Crippen LogP contribution in [0.5, 0.6) is 17.2 Å². The molecular formula is C24H25FN2O6S2. The Balaban J connectivity index is 1.72. The summed E-state index contributed by atoms with van der Waals surface area (Å²) in [6.45, 7) is 2.19. The summed E-state index contributed by atoms with van der Waals surface area (Å²) in [4.78, 5) is 28.0. The molecule has 0 spiro atoms. The van der Waals surface area contributed by atoms with Gasteiger partial charge in [-0.1, -0.05) is 0 Å². The number of aliphatic carboxylic acids is 1. The van der Waals surface area contributed by atoms with Crippen molar-refractivity contribution in [2.75, 3.05) is 24.8 Å². The maximum atomic E-state index is 13.2. The van der Waals surface area contributed by atoms with E-state index < -0.39 is 11.9 Å². The Morgan fingerprint density at radius 2 is 1.91 bits per heavy atom. The average Bonchev–Trinajstić information content (AvgIpc) is 3.25. The van der Waals surface area contributed by atoms with Crippen LogP contribution in [-0.2, 0) is 15.3 Å². The first-order chi connectivity index (χ1) is 16.8. The fourth-order valence-corrected chi connectivity index (χ4v) is 4.54. The topological polar surface area (TPSA) is 107 Å².